The quantitative estimate of drug-likeness (QED) is 0.581. The topological polar surface area (TPSA) is 70.0 Å². The maximum atomic E-state index is 12.2. The Bertz CT molecular complexity index is 318. The van der Waals surface area contributed by atoms with E-state index in [1.165, 1.54) is 6.07 Å². The first-order valence-electron chi connectivity index (χ1n) is 3.66. The third kappa shape index (κ3) is 1.84. The Morgan fingerprint density at radius 2 is 2.00 bits per heavy atom. The van der Waals surface area contributed by atoms with E-state index in [2.05, 4.69) is 0 Å². The number of nitrogens with one attached hydrogen (secondary N) is 1. The molecule has 0 spiro atoms. The van der Waals surface area contributed by atoms with Gasteiger partial charge in [0.15, 0.2) is 0 Å². The van der Waals surface area contributed by atoms with Crippen molar-refractivity contribution < 1.29 is 22.8 Å². The molecule has 7 heteroatoms. The van der Waals surface area contributed by atoms with Gasteiger partial charge in [-0.25, -0.2) is 0 Å². The molecular weight excluding hydrogens is 201 g/mol. The molecule has 1 fully saturated rings. The Morgan fingerprint density at radius 3 is 2.43 bits per heavy atom. The van der Waals surface area contributed by atoms with Crippen molar-refractivity contribution in [1.29, 1.82) is 5.26 Å². The van der Waals surface area contributed by atoms with E-state index >= 15 is 0 Å². The fraction of sp³-hybridized carbons (Fsp3) is 0.571. The van der Waals surface area contributed by atoms with Gasteiger partial charge in [0.05, 0.1) is 12.0 Å². The SMILES string of the molecule is N#CC1C(=O)NC(=O)CC1C(F)(F)F. The summed E-state index contributed by atoms with van der Waals surface area (Å²) in [6.07, 6.45) is -5.57. The van der Waals surface area contributed by atoms with E-state index in [-0.39, 0.29) is 0 Å². The maximum Gasteiger partial charge on any atom is 0.394 e. The number of halogens is 3. The highest BCUT2D eigenvalue weighted by Crippen LogP contribution is 2.36. The molecule has 0 bridgehead atoms. The van der Waals surface area contributed by atoms with Gasteiger partial charge in [-0.05, 0) is 0 Å². The molecule has 1 N–H and O–H groups in total. The second kappa shape index (κ2) is 3.29. The van der Waals surface area contributed by atoms with Gasteiger partial charge in [-0.2, -0.15) is 18.4 Å². The number of hydrogen-bond acceptors (Lipinski definition) is 3. The first-order chi connectivity index (χ1) is 6.36. The Hall–Kier alpha value is -1.58. The molecule has 2 unspecified atom stereocenters. The lowest BCUT2D eigenvalue weighted by Gasteiger charge is -2.26. The normalized spacial score (nSPS) is 28.1. The Kier molecular flexibility index (Phi) is 2.47. The van der Waals surface area contributed by atoms with E-state index in [0.717, 1.165) is 0 Å². The number of nitriles is 1. The van der Waals surface area contributed by atoms with Crippen LogP contribution in [0.25, 0.3) is 0 Å². The number of nitrogens with zero attached hydrogens (tertiary/aromatic N) is 1. The van der Waals surface area contributed by atoms with Crippen LogP contribution in [-0.2, 0) is 9.59 Å². The summed E-state index contributed by atoms with van der Waals surface area (Å²) >= 11 is 0. The molecule has 1 heterocycles. The summed E-state index contributed by atoms with van der Waals surface area (Å²) in [5.41, 5.74) is 0. The van der Waals surface area contributed by atoms with Crippen LogP contribution >= 0.6 is 0 Å². The second-order valence-corrected chi connectivity index (χ2v) is 2.87. The maximum absolute atomic E-state index is 12.2. The molecule has 1 rings (SSSR count). The van der Waals surface area contributed by atoms with Crippen molar-refractivity contribution in [1.82, 2.24) is 5.32 Å². The molecule has 1 aliphatic heterocycles. The molecule has 0 saturated carbocycles. The smallest absolute Gasteiger partial charge is 0.295 e. The van der Waals surface area contributed by atoms with E-state index in [4.69, 9.17) is 5.26 Å². The number of alkyl halides is 3. The van der Waals surface area contributed by atoms with Gasteiger partial charge in [-0.1, -0.05) is 0 Å². The monoisotopic (exact) mass is 206 g/mol. The Balaban J connectivity index is 2.96. The van der Waals surface area contributed by atoms with Crippen LogP contribution in [0.2, 0.25) is 0 Å². The van der Waals surface area contributed by atoms with Crippen molar-refractivity contribution in [2.45, 2.75) is 12.6 Å². The fourth-order valence-electron chi connectivity index (χ4n) is 1.22. The van der Waals surface area contributed by atoms with Crippen LogP contribution in [0.1, 0.15) is 6.42 Å². The molecule has 4 nitrogen and oxygen atoms in total. The van der Waals surface area contributed by atoms with Gasteiger partial charge < -0.3 is 0 Å². The van der Waals surface area contributed by atoms with Gasteiger partial charge in [-0.3, -0.25) is 14.9 Å². The Morgan fingerprint density at radius 1 is 1.43 bits per heavy atom. The van der Waals surface area contributed by atoms with Gasteiger partial charge in [0, 0.05) is 6.42 Å². The van der Waals surface area contributed by atoms with E-state index in [9.17, 15) is 22.8 Å². The molecule has 0 aromatic rings. The van der Waals surface area contributed by atoms with Gasteiger partial charge >= 0.3 is 6.18 Å². The predicted octanol–water partition coefficient (Wildman–Crippen LogP) is 0.351. The molecule has 0 radical (unpaired) electrons. The van der Waals surface area contributed by atoms with Crippen LogP contribution < -0.4 is 5.32 Å². The predicted molar refractivity (Wildman–Crippen MR) is 36.4 cm³/mol. The molecular formula is C7H5F3N2O2. The summed E-state index contributed by atoms with van der Waals surface area (Å²) in [7, 11) is 0. The lowest BCUT2D eigenvalue weighted by atomic mass is 9.86. The fourth-order valence-corrected chi connectivity index (χ4v) is 1.22. The third-order valence-electron chi connectivity index (χ3n) is 1.91. The van der Waals surface area contributed by atoms with Crippen LogP contribution in [0.5, 0.6) is 0 Å². The number of rotatable bonds is 0. The summed E-state index contributed by atoms with van der Waals surface area (Å²) in [5, 5.41) is 10.0. The van der Waals surface area contributed by atoms with Crippen LogP contribution in [0.15, 0.2) is 0 Å². The van der Waals surface area contributed by atoms with E-state index in [1.807, 2.05) is 0 Å². The average Bonchev–Trinajstić information content (AvgIpc) is 2.01. The van der Waals surface area contributed by atoms with Crippen molar-refractivity contribution in [2.24, 2.45) is 11.8 Å². The zero-order valence-corrected chi connectivity index (χ0v) is 6.76. The van der Waals surface area contributed by atoms with Crippen LogP contribution in [-0.4, -0.2) is 18.0 Å². The minimum atomic E-state index is -4.70. The Labute approximate surface area is 76.7 Å². The van der Waals surface area contributed by atoms with Gasteiger partial charge in [0.1, 0.15) is 5.92 Å². The standard InChI is InChI=1S/C7H5F3N2O2/c8-7(9,10)4-1-5(13)12-6(14)3(4)2-11/h3-4H,1H2,(H,12,13,14). The highest BCUT2D eigenvalue weighted by atomic mass is 19.4. The van der Waals surface area contributed by atoms with Crippen LogP contribution in [0, 0.1) is 23.2 Å². The zero-order valence-electron chi connectivity index (χ0n) is 6.76. The third-order valence-corrected chi connectivity index (χ3v) is 1.91. The van der Waals surface area contributed by atoms with Crippen molar-refractivity contribution in [3.8, 4) is 6.07 Å². The summed E-state index contributed by atoms with van der Waals surface area (Å²) in [4.78, 5) is 21.5. The first-order valence-corrected chi connectivity index (χ1v) is 3.66. The average molecular weight is 206 g/mol. The lowest BCUT2D eigenvalue weighted by Crippen LogP contribution is -2.49. The van der Waals surface area contributed by atoms with E-state index in [0.29, 0.717) is 0 Å². The first kappa shape index (κ1) is 10.5. The molecule has 0 aliphatic carbocycles. The molecule has 76 valence electrons. The van der Waals surface area contributed by atoms with E-state index in [1.54, 1.807) is 5.32 Å². The van der Waals surface area contributed by atoms with Crippen LogP contribution in [0.4, 0.5) is 13.2 Å². The van der Waals surface area contributed by atoms with Crippen LogP contribution in [0.3, 0.4) is 0 Å². The highest BCUT2D eigenvalue weighted by Gasteiger charge is 2.51. The molecule has 0 aromatic carbocycles. The molecule has 14 heavy (non-hydrogen) atoms. The molecule has 1 saturated heterocycles. The van der Waals surface area contributed by atoms with Crippen molar-refractivity contribution >= 4 is 11.8 Å². The number of carbonyl (C=O) groups excluding carboxylic acids is 2. The number of amides is 2. The number of piperidine rings is 1. The highest BCUT2D eigenvalue weighted by molar-refractivity contribution is 6.00. The van der Waals surface area contributed by atoms with Gasteiger partial charge in [-0.15, -0.1) is 0 Å². The second-order valence-electron chi connectivity index (χ2n) is 2.87. The summed E-state index contributed by atoms with van der Waals surface area (Å²) in [6, 6.07) is 1.25. The summed E-state index contributed by atoms with van der Waals surface area (Å²) in [6.45, 7) is 0. The van der Waals surface area contributed by atoms with Crippen molar-refractivity contribution in [3.63, 3.8) is 0 Å². The van der Waals surface area contributed by atoms with Gasteiger partial charge in [0.2, 0.25) is 11.8 Å². The largest absolute Gasteiger partial charge is 0.394 e. The number of hydrogen-bond donors (Lipinski definition) is 1. The molecule has 2 amide bonds. The van der Waals surface area contributed by atoms with Crippen molar-refractivity contribution in [3.05, 3.63) is 0 Å². The molecule has 2 atom stereocenters. The minimum Gasteiger partial charge on any atom is -0.295 e. The summed E-state index contributed by atoms with van der Waals surface area (Å²) < 4.78 is 36.7. The summed E-state index contributed by atoms with van der Waals surface area (Å²) in [5.74, 6) is -6.18. The number of carbonyl (C=O) groups is 2. The minimum absolute atomic E-state index is 0.868. The molecule has 0 aromatic heterocycles. The van der Waals surface area contributed by atoms with Gasteiger partial charge in [0.25, 0.3) is 0 Å². The zero-order chi connectivity index (χ0) is 10.9. The van der Waals surface area contributed by atoms with E-state index < -0.39 is 36.2 Å². The van der Waals surface area contributed by atoms with Crippen molar-refractivity contribution in [2.75, 3.05) is 0 Å². The number of imide groups is 1. The lowest BCUT2D eigenvalue weighted by molar-refractivity contribution is -0.194. The molecule has 1 aliphatic rings.